The van der Waals surface area contributed by atoms with Crippen molar-refractivity contribution < 1.29 is 28.9 Å². The second-order valence-corrected chi connectivity index (χ2v) is 8.93. The van der Waals surface area contributed by atoms with Crippen LogP contribution in [0.15, 0.2) is 12.2 Å². The topological polar surface area (TPSA) is 106 Å². The van der Waals surface area contributed by atoms with Crippen molar-refractivity contribution in [1.82, 2.24) is 10.6 Å². The van der Waals surface area contributed by atoms with Gasteiger partial charge in [-0.15, -0.1) is 0 Å². The maximum atomic E-state index is 12.8. The van der Waals surface area contributed by atoms with E-state index in [1.165, 1.54) is 7.11 Å². The van der Waals surface area contributed by atoms with Gasteiger partial charge in [-0.2, -0.15) is 0 Å². The van der Waals surface area contributed by atoms with Crippen molar-refractivity contribution in [1.29, 1.82) is 0 Å². The van der Waals surface area contributed by atoms with E-state index in [4.69, 9.17) is 14.2 Å². The highest BCUT2D eigenvalue weighted by Gasteiger charge is 2.47. The number of amides is 2. The number of aliphatic hydroxyl groups excluding tert-OH is 1. The largest absolute Gasteiger partial charge is 0.387 e. The summed E-state index contributed by atoms with van der Waals surface area (Å²) in [5.41, 5.74) is -0.0899. The summed E-state index contributed by atoms with van der Waals surface area (Å²) in [6, 6.07) is -0.611. The Bertz CT molecular complexity index is 598. The zero-order chi connectivity index (χ0) is 21.1. The molecule has 2 heterocycles. The smallest absolute Gasteiger partial charge is 0.252 e. The lowest BCUT2D eigenvalue weighted by Crippen LogP contribution is -2.62. The van der Waals surface area contributed by atoms with Crippen LogP contribution in [0.25, 0.3) is 0 Å². The molecule has 0 aliphatic carbocycles. The minimum absolute atomic E-state index is 0.0899. The summed E-state index contributed by atoms with van der Waals surface area (Å²) in [6.07, 6.45) is 1.30. The average molecular weight is 399 g/mol. The highest BCUT2D eigenvalue weighted by atomic mass is 16.7. The van der Waals surface area contributed by atoms with Crippen molar-refractivity contribution >= 4 is 11.8 Å². The van der Waals surface area contributed by atoms with Gasteiger partial charge in [0.05, 0.1) is 0 Å². The van der Waals surface area contributed by atoms with Crippen LogP contribution in [0.1, 0.15) is 47.5 Å². The molecule has 5 atom stereocenters. The molecule has 0 aromatic heterocycles. The molecular weight excluding hydrogens is 364 g/mol. The molecule has 2 amide bonds. The number of nitrogens with one attached hydrogen (secondary N) is 2. The number of carbonyl (C=O) groups is 2. The number of piperidine rings is 1. The van der Waals surface area contributed by atoms with Crippen molar-refractivity contribution in [3.8, 4) is 0 Å². The Kier molecular flexibility index (Phi) is 7.25. The lowest BCUT2D eigenvalue weighted by atomic mass is 9.93. The first kappa shape index (κ1) is 22.8. The second-order valence-electron chi connectivity index (χ2n) is 8.93. The number of rotatable bonds is 5. The van der Waals surface area contributed by atoms with Gasteiger partial charge in [0, 0.05) is 13.7 Å². The molecule has 2 aliphatic rings. The summed E-state index contributed by atoms with van der Waals surface area (Å²) in [7, 11) is 1.38. The average Bonchev–Trinajstić information content (AvgIpc) is 2.58. The van der Waals surface area contributed by atoms with Gasteiger partial charge in [0.25, 0.3) is 5.91 Å². The van der Waals surface area contributed by atoms with Crippen LogP contribution in [0.5, 0.6) is 0 Å². The lowest BCUT2D eigenvalue weighted by molar-refractivity contribution is -0.334. The van der Waals surface area contributed by atoms with Crippen LogP contribution in [0.3, 0.4) is 0 Å². The molecule has 0 saturated carbocycles. The molecule has 0 aromatic rings. The summed E-state index contributed by atoms with van der Waals surface area (Å²) in [4.78, 5) is 24.7. The molecule has 0 spiro atoms. The molecule has 1 unspecified atom stereocenters. The predicted molar refractivity (Wildman–Crippen MR) is 103 cm³/mol. The molecular formula is C20H34N2O6. The first-order valence-corrected chi connectivity index (χ1v) is 9.77. The summed E-state index contributed by atoms with van der Waals surface area (Å²) < 4.78 is 17.1. The third-order valence-corrected chi connectivity index (χ3v) is 4.71. The van der Waals surface area contributed by atoms with E-state index in [9.17, 15) is 14.7 Å². The summed E-state index contributed by atoms with van der Waals surface area (Å²) in [5.74, 6) is -1.73. The molecule has 2 saturated heterocycles. The van der Waals surface area contributed by atoms with Gasteiger partial charge < -0.3 is 30.0 Å². The summed E-state index contributed by atoms with van der Waals surface area (Å²) in [5, 5.41) is 16.3. The van der Waals surface area contributed by atoms with Crippen LogP contribution < -0.4 is 10.6 Å². The highest BCUT2D eigenvalue weighted by molar-refractivity contribution is 5.90. The zero-order valence-corrected chi connectivity index (χ0v) is 17.7. The van der Waals surface area contributed by atoms with E-state index in [-0.39, 0.29) is 11.3 Å². The van der Waals surface area contributed by atoms with E-state index >= 15 is 0 Å². The number of hydrogen-bond donors (Lipinski definition) is 3. The maximum Gasteiger partial charge on any atom is 0.252 e. The SMILES string of the molecule is CO[C@@H](C(=O)NC1CCCNC1=O)[C@@H]1OC(C)(C)O[C@H](C=CC(C)(C)C)[C@@H]1O. The van der Waals surface area contributed by atoms with E-state index in [0.29, 0.717) is 13.0 Å². The predicted octanol–water partition coefficient (Wildman–Crippen LogP) is 0.880. The van der Waals surface area contributed by atoms with Gasteiger partial charge in [0.15, 0.2) is 11.9 Å². The number of hydrogen-bond acceptors (Lipinski definition) is 6. The first-order chi connectivity index (χ1) is 12.9. The van der Waals surface area contributed by atoms with Gasteiger partial charge in [-0.3, -0.25) is 9.59 Å². The molecule has 3 N–H and O–H groups in total. The van der Waals surface area contributed by atoms with Crippen LogP contribution in [0.4, 0.5) is 0 Å². The van der Waals surface area contributed by atoms with Gasteiger partial charge in [-0.25, -0.2) is 0 Å². The standard InChI is InChI=1S/C20H34N2O6/c1-19(2,3)10-9-13-14(23)15(28-20(4,5)27-13)16(26-6)18(25)22-12-8-7-11-21-17(12)24/h9-10,12-16,23H,7-8,11H2,1-6H3,(H,21,24)(H,22,25)/t12?,13-,14+,15-,16-/m1/s1. The third kappa shape index (κ3) is 6.01. The van der Waals surface area contributed by atoms with Crippen molar-refractivity contribution in [3.63, 3.8) is 0 Å². The quantitative estimate of drug-likeness (QED) is 0.594. The fourth-order valence-corrected chi connectivity index (χ4v) is 3.34. The number of aliphatic hydroxyl groups is 1. The Morgan fingerprint density at radius 3 is 2.64 bits per heavy atom. The molecule has 160 valence electrons. The molecule has 2 aliphatic heterocycles. The monoisotopic (exact) mass is 398 g/mol. The normalized spacial score (nSPS) is 32.0. The highest BCUT2D eigenvalue weighted by Crippen LogP contribution is 2.31. The van der Waals surface area contributed by atoms with E-state index in [2.05, 4.69) is 10.6 Å². The number of carbonyl (C=O) groups excluding carboxylic acids is 2. The van der Waals surface area contributed by atoms with E-state index in [1.54, 1.807) is 19.9 Å². The van der Waals surface area contributed by atoms with Crippen molar-refractivity contribution in [2.24, 2.45) is 5.41 Å². The Morgan fingerprint density at radius 1 is 1.39 bits per heavy atom. The van der Waals surface area contributed by atoms with Crippen LogP contribution in [-0.2, 0) is 23.8 Å². The molecule has 2 rings (SSSR count). The van der Waals surface area contributed by atoms with Crippen molar-refractivity contribution in [2.45, 2.75) is 83.7 Å². The number of methoxy groups -OCH3 is 1. The van der Waals surface area contributed by atoms with Crippen LogP contribution >= 0.6 is 0 Å². The summed E-state index contributed by atoms with van der Waals surface area (Å²) in [6.45, 7) is 10.2. The lowest BCUT2D eigenvalue weighted by Gasteiger charge is -2.45. The Morgan fingerprint density at radius 2 is 2.07 bits per heavy atom. The van der Waals surface area contributed by atoms with Crippen LogP contribution in [0, 0.1) is 5.41 Å². The van der Waals surface area contributed by atoms with Crippen LogP contribution in [0.2, 0.25) is 0 Å². The number of allylic oxidation sites excluding steroid dienone is 1. The van der Waals surface area contributed by atoms with Gasteiger partial charge in [-0.05, 0) is 32.1 Å². The maximum absolute atomic E-state index is 12.8. The molecule has 0 radical (unpaired) electrons. The van der Waals surface area contributed by atoms with Crippen molar-refractivity contribution in [3.05, 3.63) is 12.2 Å². The Balaban J connectivity index is 2.16. The van der Waals surface area contributed by atoms with Crippen molar-refractivity contribution in [2.75, 3.05) is 13.7 Å². The van der Waals surface area contributed by atoms with Gasteiger partial charge in [0.1, 0.15) is 24.4 Å². The molecule has 8 heteroatoms. The number of ether oxygens (including phenoxy) is 3. The van der Waals surface area contributed by atoms with E-state index < -0.39 is 42.2 Å². The van der Waals surface area contributed by atoms with Gasteiger partial charge >= 0.3 is 0 Å². The second kappa shape index (κ2) is 8.90. The minimum Gasteiger partial charge on any atom is -0.387 e. The third-order valence-electron chi connectivity index (χ3n) is 4.71. The fourth-order valence-electron chi connectivity index (χ4n) is 3.34. The molecule has 0 bridgehead atoms. The van der Waals surface area contributed by atoms with Gasteiger partial charge in [0.2, 0.25) is 5.91 Å². The first-order valence-electron chi connectivity index (χ1n) is 9.77. The fraction of sp³-hybridized carbons (Fsp3) is 0.800. The Hall–Kier alpha value is -1.48. The van der Waals surface area contributed by atoms with Crippen LogP contribution in [-0.4, -0.2) is 66.8 Å². The molecule has 0 aromatic carbocycles. The van der Waals surface area contributed by atoms with E-state index in [0.717, 1.165) is 6.42 Å². The van der Waals surface area contributed by atoms with E-state index in [1.807, 2.05) is 26.8 Å². The van der Waals surface area contributed by atoms with Gasteiger partial charge in [-0.1, -0.05) is 32.9 Å². The Labute approximate surface area is 167 Å². The summed E-state index contributed by atoms with van der Waals surface area (Å²) >= 11 is 0. The zero-order valence-electron chi connectivity index (χ0n) is 17.7. The molecule has 2 fully saturated rings. The molecule has 28 heavy (non-hydrogen) atoms. The minimum atomic E-state index is -1.11. The molecule has 8 nitrogen and oxygen atoms in total.